The standard InChI is InChI=1S/C14H11NO/c1-2-10-7-8-12-14(9-10)16-13-6-4-3-5-11(13)15-12/h2-9,15H,1H2. The summed E-state index contributed by atoms with van der Waals surface area (Å²) in [5, 5.41) is 3.33. The molecule has 0 radical (unpaired) electrons. The molecule has 78 valence electrons. The van der Waals surface area contributed by atoms with Gasteiger partial charge in [0, 0.05) is 0 Å². The van der Waals surface area contributed by atoms with E-state index in [1.807, 2.05) is 48.5 Å². The first-order valence-electron chi connectivity index (χ1n) is 5.17. The van der Waals surface area contributed by atoms with Crippen LogP contribution < -0.4 is 10.1 Å². The van der Waals surface area contributed by atoms with E-state index >= 15 is 0 Å². The van der Waals surface area contributed by atoms with Crippen LogP contribution in [0, 0.1) is 0 Å². The lowest BCUT2D eigenvalue weighted by molar-refractivity contribution is 0.481. The lowest BCUT2D eigenvalue weighted by Gasteiger charge is -2.21. The van der Waals surface area contributed by atoms with E-state index in [1.165, 1.54) is 0 Å². The maximum absolute atomic E-state index is 5.81. The molecule has 2 aromatic rings. The molecule has 0 bridgehead atoms. The topological polar surface area (TPSA) is 21.3 Å². The van der Waals surface area contributed by atoms with Gasteiger partial charge in [-0.2, -0.15) is 0 Å². The largest absolute Gasteiger partial charge is 0.453 e. The molecule has 1 heterocycles. The molecule has 2 aromatic carbocycles. The fraction of sp³-hybridized carbons (Fsp3) is 0. The molecular weight excluding hydrogens is 198 g/mol. The fourth-order valence-corrected chi connectivity index (χ4v) is 1.78. The van der Waals surface area contributed by atoms with Gasteiger partial charge in [0.05, 0.1) is 11.4 Å². The van der Waals surface area contributed by atoms with E-state index in [-0.39, 0.29) is 0 Å². The minimum Gasteiger partial charge on any atom is -0.453 e. The molecule has 1 aliphatic rings. The maximum atomic E-state index is 5.81. The highest BCUT2D eigenvalue weighted by molar-refractivity contribution is 5.76. The first kappa shape index (κ1) is 9.04. The van der Waals surface area contributed by atoms with Crippen molar-refractivity contribution in [3.05, 3.63) is 54.6 Å². The van der Waals surface area contributed by atoms with E-state index in [4.69, 9.17) is 4.74 Å². The second kappa shape index (κ2) is 3.42. The predicted molar refractivity (Wildman–Crippen MR) is 66.3 cm³/mol. The number of benzene rings is 2. The Bertz CT molecular complexity index is 560. The number of ether oxygens (including phenoxy) is 1. The van der Waals surface area contributed by atoms with Crippen LogP contribution in [0.25, 0.3) is 6.08 Å². The molecule has 0 aromatic heterocycles. The number of anilines is 2. The van der Waals surface area contributed by atoms with Gasteiger partial charge in [-0.3, -0.25) is 0 Å². The number of hydrogen-bond acceptors (Lipinski definition) is 2. The minimum atomic E-state index is 0.844. The average Bonchev–Trinajstić information content (AvgIpc) is 2.35. The summed E-state index contributed by atoms with van der Waals surface area (Å²) in [4.78, 5) is 0. The number of fused-ring (bicyclic) bond motifs is 2. The van der Waals surface area contributed by atoms with Crippen LogP contribution >= 0.6 is 0 Å². The Morgan fingerprint density at radius 1 is 1.00 bits per heavy atom. The summed E-state index contributed by atoms with van der Waals surface area (Å²) in [6, 6.07) is 13.9. The van der Waals surface area contributed by atoms with Crippen molar-refractivity contribution in [2.24, 2.45) is 0 Å². The molecule has 0 spiro atoms. The van der Waals surface area contributed by atoms with E-state index < -0.39 is 0 Å². The molecule has 2 nitrogen and oxygen atoms in total. The highest BCUT2D eigenvalue weighted by Crippen LogP contribution is 2.41. The third-order valence-corrected chi connectivity index (χ3v) is 2.62. The SMILES string of the molecule is C=Cc1ccc2c(c1)Oc1ccccc1N2. The van der Waals surface area contributed by atoms with Gasteiger partial charge in [0.1, 0.15) is 0 Å². The number of rotatable bonds is 1. The van der Waals surface area contributed by atoms with E-state index in [0.717, 1.165) is 28.4 Å². The van der Waals surface area contributed by atoms with Gasteiger partial charge >= 0.3 is 0 Å². The first-order chi connectivity index (χ1) is 7.86. The van der Waals surface area contributed by atoms with E-state index in [1.54, 1.807) is 0 Å². The molecule has 0 atom stereocenters. The highest BCUT2D eigenvalue weighted by Gasteiger charge is 2.15. The van der Waals surface area contributed by atoms with Gasteiger partial charge in [0.15, 0.2) is 11.5 Å². The smallest absolute Gasteiger partial charge is 0.151 e. The van der Waals surface area contributed by atoms with Crippen molar-refractivity contribution < 1.29 is 4.74 Å². The third-order valence-electron chi connectivity index (χ3n) is 2.62. The van der Waals surface area contributed by atoms with Gasteiger partial charge < -0.3 is 10.1 Å². The maximum Gasteiger partial charge on any atom is 0.151 e. The molecule has 0 fully saturated rings. The molecule has 0 aliphatic carbocycles. The van der Waals surface area contributed by atoms with E-state index in [0.29, 0.717) is 0 Å². The fourth-order valence-electron chi connectivity index (χ4n) is 1.78. The molecular formula is C14H11NO. The van der Waals surface area contributed by atoms with Gasteiger partial charge in [0.25, 0.3) is 0 Å². The first-order valence-corrected chi connectivity index (χ1v) is 5.17. The monoisotopic (exact) mass is 209 g/mol. The molecule has 0 saturated carbocycles. The van der Waals surface area contributed by atoms with Crippen LogP contribution in [0.1, 0.15) is 5.56 Å². The summed E-state index contributed by atoms with van der Waals surface area (Å²) < 4.78 is 5.81. The number of hydrogen-bond donors (Lipinski definition) is 1. The second-order valence-corrected chi connectivity index (χ2v) is 3.68. The zero-order valence-corrected chi connectivity index (χ0v) is 8.73. The van der Waals surface area contributed by atoms with Gasteiger partial charge in [-0.05, 0) is 29.8 Å². The second-order valence-electron chi connectivity index (χ2n) is 3.68. The number of para-hydroxylation sites is 2. The van der Waals surface area contributed by atoms with Crippen LogP contribution in [0.2, 0.25) is 0 Å². The van der Waals surface area contributed by atoms with Crippen molar-refractivity contribution in [2.75, 3.05) is 5.32 Å². The number of nitrogens with one attached hydrogen (secondary N) is 1. The van der Waals surface area contributed by atoms with Crippen molar-refractivity contribution in [1.29, 1.82) is 0 Å². The Labute approximate surface area is 94.2 Å². The van der Waals surface area contributed by atoms with Crippen molar-refractivity contribution in [3.63, 3.8) is 0 Å². The Balaban J connectivity index is 2.08. The molecule has 1 aliphatic heterocycles. The molecule has 0 saturated heterocycles. The normalized spacial score (nSPS) is 11.8. The Morgan fingerprint density at radius 2 is 1.81 bits per heavy atom. The van der Waals surface area contributed by atoms with Crippen LogP contribution in [-0.4, -0.2) is 0 Å². The van der Waals surface area contributed by atoms with E-state index in [9.17, 15) is 0 Å². The molecule has 3 rings (SSSR count). The summed E-state index contributed by atoms with van der Waals surface area (Å²) in [5.41, 5.74) is 3.05. The van der Waals surface area contributed by atoms with Crippen molar-refractivity contribution >= 4 is 17.5 Å². The zero-order chi connectivity index (χ0) is 11.0. The summed E-state index contributed by atoms with van der Waals surface area (Å²) in [6.07, 6.45) is 1.81. The van der Waals surface area contributed by atoms with Crippen LogP contribution in [0.15, 0.2) is 49.0 Å². The zero-order valence-electron chi connectivity index (χ0n) is 8.73. The third kappa shape index (κ3) is 1.36. The van der Waals surface area contributed by atoms with Crippen LogP contribution in [-0.2, 0) is 0 Å². The van der Waals surface area contributed by atoms with Crippen LogP contribution in [0.3, 0.4) is 0 Å². The predicted octanol–water partition coefficient (Wildman–Crippen LogP) is 4.18. The van der Waals surface area contributed by atoms with Crippen LogP contribution in [0.5, 0.6) is 11.5 Å². The lowest BCUT2D eigenvalue weighted by Crippen LogP contribution is -2.02. The summed E-state index contributed by atoms with van der Waals surface area (Å²) >= 11 is 0. The average molecular weight is 209 g/mol. The quantitative estimate of drug-likeness (QED) is 0.649. The van der Waals surface area contributed by atoms with E-state index in [2.05, 4.69) is 11.9 Å². The molecule has 16 heavy (non-hydrogen) atoms. The molecule has 0 amide bonds. The minimum absolute atomic E-state index is 0.844. The molecule has 2 heteroatoms. The van der Waals surface area contributed by atoms with Crippen molar-refractivity contribution in [3.8, 4) is 11.5 Å². The van der Waals surface area contributed by atoms with Gasteiger partial charge in [0.2, 0.25) is 0 Å². The Hall–Kier alpha value is -2.22. The Kier molecular flexibility index (Phi) is 1.93. The Morgan fingerprint density at radius 3 is 2.69 bits per heavy atom. The van der Waals surface area contributed by atoms with Gasteiger partial charge in [-0.1, -0.05) is 30.9 Å². The van der Waals surface area contributed by atoms with Crippen molar-refractivity contribution in [2.45, 2.75) is 0 Å². The van der Waals surface area contributed by atoms with Crippen molar-refractivity contribution in [1.82, 2.24) is 0 Å². The van der Waals surface area contributed by atoms with Gasteiger partial charge in [-0.25, -0.2) is 0 Å². The molecule has 1 N–H and O–H groups in total. The van der Waals surface area contributed by atoms with Crippen LogP contribution in [0.4, 0.5) is 11.4 Å². The summed E-state index contributed by atoms with van der Waals surface area (Å²) in [5.74, 6) is 1.70. The summed E-state index contributed by atoms with van der Waals surface area (Å²) in [6.45, 7) is 3.75. The lowest BCUT2D eigenvalue weighted by atomic mass is 10.1. The highest BCUT2D eigenvalue weighted by atomic mass is 16.5. The van der Waals surface area contributed by atoms with Gasteiger partial charge in [-0.15, -0.1) is 0 Å². The molecule has 0 unspecified atom stereocenters. The summed E-state index contributed by atoms with van der Waals surface area (Å²) in [7, 11) is 0.